The van der Waals surface area contributed by atoms with Gasteiger partial charge in [0.2, 0.25) is 5.78 Å². The molecule has 0 unspecified atom stereocenters. The number of allylic oxidation sites excluding steroid dienone is 2. The van der Waals surface area contributed by atoms with Crippen LogP contribution in [0.2, 0.25) is 0 Å². The summed E-state index contributed by atoms with van der Waals surface area (Å²) in [5.74, 6) is -0.754. The summed E-state index contributed by atoms with van der Waals surface area (Å²) in [4.78, 5) is 12.9. The summed E-state index contributed by atoms with van der Waals surface area (Å²) < 4.78 is 5.58. The maximum atomic E-state index is 12.9. The number of Topliss-reactive ketones (excluding diaryl/α,β-unsaturated/α-hetero) is 1. The second kappa shape index (κ2) is 4.59. The minimum atomic E-state index is -0.731. The van der Waals surface area contributed by atoms with Gasteiger partial charge in [0.15, 0.2) is 17.1 Å². The lowest BCUT2D eigenvalue weighted by Gasteiger charge is -2.48. The first-order valence-corrected chi connectivity index (χ1v) is 8.57. The number of furan rings is 1. The number of benzene rings is 1. The van der Waals surface area contributed by atoms with E-state index in [1.54, 1.807) is 13.0 Å². The van der Waals surface area contributed by atoms with Gasteiger partial charge in [-0.15, -0.1) is 0 Å². The number of carbonyl (C=O) groups is 1. The molecule has 4 rings (SSSR count). The van der Waals surface area contributed by atoms with E-state index in [-0.39, 0.29) is 39.2 Å². The molecular formula is C20H22O5. The summed E-state index contributed by atoms with van der Waals surface area (Å²) in [5, 5.41) is 32.7. The summed E-state index contributed by atoms with van der Waals surface area (Å²) in [6.45, 7) is 7.64. The predicted molar refractivity (Wildman–Crippen MR) is 93.2 cm³/mol. The highest BCUT2D eigenvalue weighted by atomic mass is 16.4. The molecule has 1 saturated carbocycles. The van der Waals surface area contributed by atoms with Gasteiger partial charge in [0.1, 0.15) is 11.5 Å². The van der Waals surface area contributed by atoms with Crippen LogP contribution in [0.4, 0.5) is 0 Å². The number of fused-ring (bicyclic) bond motifs is 4. The SMILES string of the molecule is Cc1cc2c(O)c3c(c(O)c2o1)[C@@]1(C)CCCC(C)(C)C1=C(O)C3=O. The van der Waals surface area contributed by atoms with Crippen LogP contribution in [-0.4, -0.2) is 21.1 Å². The van der Waals surface area contributed by atoms with Crippen LogP contribution in [0.25, 0.3) is 11.0 Å². The minimum absolute atomic E-state index is 0.00718. The number of hydrogen-bond acceptors (Lipinski definition) is 5. The molecular weight excluding hydrogens is 320 g/mol. The number of aryl methyl sites for hydroxylation is 1. The zero-order chi connectivity index (χ0) is 18.3. The molecule has 5 nitrogen and oxygen atoms in total. The predicted octanol–water partition coefficient (Wildman–Crippen LogP) is 4.63. The van der Waals surface area contributed by atoms with Gasteiger partial charge >= 0.3 is 0 Å². The van der Waals surface area contributed by atoms with Crippen molar-refractivity contribution >= 4 is 16.8 Å². The molecule has 3 N–H and O–H groups in total. The van der Waals surface area contributed by atoms with Crippen molar-refractivity contribution in [2.24, 2.45) is 5.41 Å². The van der Waals surface area contributed by atoms with E-state index in [2.05, 4.69) is 0 Å². The van der Waals surface area contributed by atoms with E-state index in [0.29, 0.717) is 23.3 Å². The maximum Gasteiger partial charge on any atom is 0.231 e. The van der Waals surface area contributed by atoms with Gasteiger partial charge in [-0.05, 0) is 36.8 Å². The van der Waals surface area contributed by atoms with Gasteiger partial charge in [-0.1, -0.05) is 27.2 Å². The lowest BCUT2D eigenvalue weighted by atomic mass is 9.54. The molecule has 1 atom stereocenters. The number of hydrogen-bond donors (Lipinski definition) is 3. The Morgan fingerprint density at radius 3 is 2.44 bits per heavy atom. The quantitative estimate of drug-likeness (QED) is 0.607. The molecule has 0 bridgehead atoms. The Morgan fingerprint density at radius 2 is 1.76 bits per heavy atom. The van der Waals surface area contributed by atoms with Crippen molar-refractivity contribution in [1.82, 2.24) is 0 Å². The maximum absolute atomic E-state index is 12.9. The second-order valence-electron chi connectivity index (χ2n) is 8.17. The Kier molecular flexibility index (Phi) is 2.95. The Hall–Kier alpha value is -2.43. The summed E-state index contributed by atoms with van der Waals surface area (Å²) in [7, 11) is 0. The first-order valence-electron chi connectivity index (χ1n) is 8.57. The molecule has 0 aliphatic heterocycles. The molecule has 132 valence electrons. The van der Waals surface area contributed by atoms with Gasteiger partial charge in [-0.2, -0.15) is 0 Å². The smallest absolute Gasteiger partial charge is 0.231 e. The van der Waals surface area contributed by atoms with E-state index < -0.39 is 11.2 Å². The number of phenols is 2. The molecule has 0 amide bonds. The van der Waals surface area contributed by atoms with Crippen molar-refractivity contribution in [3.8, 4) is 11.5 Å². The number of aliphatic hydroxyl groups excluding tert-OH is 1. The van der Waals surface area contributed by atoms with Crippen LogP contribution < -0.4 is 0 Å². The van der Waals surface area contributed by atoms with Gasteiger partial charge in [-0.25, -0.2) is 0 Å². The van der Waals surface area contributed by atoms with Crippen molar-refractivity contribution < 1.29 is 24.5 Å². The Balaban J connectivity index is 2.18. The van der Waals surface area contributed by atoms with Crippen LogP contribution in [0.5, 0.6) is 11.5 Å². The normalized spacial score (nSPS) is 25.2. The van der Waals surface area contributed by atoms with Crippen LogP contribution >= 0.6 is 0 Å². The van der Waals surface area contributed by atoms with Crippen molar-refractivity contribution in [1.29, 1.82) is 0 Å². The largest absolute Gasteiger partial charge is 0.506 e. The summed E-state index contributed by atoms with van der Waals surface area (Å²) in [5.41, 5.74) is 0.0872. The Bertz CT molecular complexity index is 976. The monoisotopic (exact) mass is 342 g/mol. The van der Waals surface area contributed by atoms with Crippen molar-refractivity contribution in [2.75, 3.05) is 0 Å². The molecule has 0 radical (unpaired) electrons. The van der Waals surface area contributed by atoms with Gasteiger partial charge in [0, 0.05) is 11.0 Å². The third kappa shape index (κ3) is 1.81. The zero-order valence-corrected chi connectivity index (χ0v) is 14.9. The fourth-order valence-electron chi connectivity index (χ4n) is 5.05. The molecule has 1 fully saturated rings. The van der Waals surface area contributed by atoms with Crippen molar-refractivity contribution in [2.45, 2.75) is 52.4 Å². The van der Waals surface area contributed by atoms with E-state index in [1.807, 2.05) is 20.8 Å². The number of rotatable bonds is 0. The molecule has 5 heteroatoms. The van der Waals surface area contributed by atoms with Crippen LogP contribution in [0.15, 0.2) is 21.8 Å². The number of aliphatic hydroxyl groups is 1. The average molecular weight is 342 g/mol. The first kappa shape index (κ1) is 16.1. The van der Waals surface area contributed by atoms with E-state index in [0.717, 1.165) is 12.8 Å². The molecule has 1 aromatic heterocycles. The lowest BCUT2D eigenvalue weighted by Crippen LogP contribution is -2.43. The summed E-state index contributed by atoms with van der Waals surface area (Å²) in [6, 6.07) is 1.58. The summed E-state index contributed by atoms with van der Waals surface area (Å²) >= 11 is 0. The highest BCUT2D eigenvalue weighted by molar-refractivity contribution is 6.16. The first-order chi connectivity index (χ1) is 11.6. The number of ketones is 1. The van der Waals surface area contributed by atoms with Gasteiger partial charge in [-0.3, -0.25) is 4.79 Å². The molecule has 0 spiro atoms. The highest BCUT2D eigenvalue weighted by Gasteiger charge is 2.53. The third-order valence-corrected chi connectivity index (χ3v) is 5.99. The van der Waals surface area contributed by atoms with Gasteiger partial charge < -0.3 is 19.7 Å². The zero-order valence-electron chi connectivity index (χ0n) is 14.9. The average Bonchev–Trinajstić information content (AvgIpc) is 2.90. The minimum Gasteiger partial charge on any atom is -0.506 e. The van der Waals surface area contributed by atoms with Crippen molar-refractivity contribution in [3.63, 3.8) is 0 Å². The van der Waals surface area contributed by atoms with Crippen molar-refractivity contribution in [3.05, 3.63) is 34.3 Å². The molecule has 1 heterocycles. The number of carbonyl (C=O) groups excluding carboxylic acids is 1. The fourth-order valence-corrected chi connectivity index (χ4v) is 5.05. The van der Waals surface area contributed by atoms with E-state index in [1.165, 1.54) is 0 Å². The third-order valence-electron chi connectivity index (χ3n) is 5.99. The second-order valence-corrected chi connectivity index (χ2v) is 8.17. The Morgan fingerprint density at radius 1 is 1.08 bits per heavy atom. The van der Waals surface area contributed by atoms with Crippen LogP contribution in [0.3, 0.4) is 0 Å². The topological polar surface area (TPSA) is 90.9 Å². The number of phenolic OH excluding ortho intramolecular Hbond substituents is 2. The van der Waals surface area contributed by atoms with Crippen LogP contribution in [-0.2, 0) is 5.41 Å². The molecule has 25 heavy (non-hydrogen) atoms. The summed E-state index contributed by atoms with van der Waals surface area (Å²) in [6.07, 6.45) is 2.41. The molecule has 2 aliphatic carbocycles. The fraction of sp³-hybridized carbons (Fsp3) is 0.450. The molecule has 2 aromatic rings. The Labute approximate surface area is 145 Å². The standard InChI is InChI=1S/C20H22O5/c1-9-8-10-13(21)11-12(15(23)17(10)25-9)20(4)7-5-6-19(2,3)18(20)16(24)14(11)22/h8,21,23-24H,5-7H2,1-4H3/t20-/m1/s1. The highest BCUT2D eigenvalue weighted by Crippen LogP contribution is 2.60. The molecule has 0 saturated heterocycles. The van der Waals surface area contributed by atoms with Crippen LogP contribution in [0.1, 0.15) is 61.7 Å². The van der Waals surface area contributed by atoms with E-state index in [9.17, 15) is 20.1 Å². The lowest BCUT2D eigenvalue weighted by molar-refractivity contribution is 0.0936. The molecule has 1 aromatic carbocycles. The van der Waals surface area contributed by atoms with E-state index in [4.69, 9.17) is 4.42 Å². The van der Waals surface area contributed by atoms with Gasteiger partial charge in [0.25, 0.3) is 0 Å². The van der Waals surface area contributed by atoms with Crippen LogP contribution in [0, 0.1) is 12.3 Å². The van der Waals surface area contributed by atoms with Gasteiger partial charge in [0.05, 0.1) is 10.9 Å². The molecule has 2 aliphatic rings. The number of aromatic hydroxyl groups is 2. The van der Waals surface area contributed by atoms with E-state index >= 15 is 0 Å².